The summed E-state index contributed by atoms with van der Waals surface area (Å²) in [6.45, 7) is 2.86. The predicted molar refractivity (Wildman–Crippen MR) is 74.1 cm³/mol. The molecule has 0 aliphatic rings. The van der Waals surface area contributed by atoms with Crippen LogP contribution >= 0.6 is 39.1 Å². The third-order valence-corrected chi connectivity index (χ3v) is 3.43. The lowest BCUT2D eigenvalue weighted by atomic mass is 10.1. The number of benzene rings is 1. The zero-order valence-corrected chi connectivity index (χ0v) is 12.3. The van der Waals surface area contributed by atoms with Crippen LogP contribution in [0, 0.1) is 5.92 Å². The molecule has 0 aliphatic heterocycles. The summed E-state index contributed by atoms with van der Waals surface area (Å²) in [5.74, 6) is 1.23. The van der Waals surface area contributed by atoms with Crippen LogP contribution in [-0.4, -0.2) is 11.9 Å². The Hall–Kier alpha value is 0.0800. The highest BCUT2D eigenvalue weighted by molar-refractivity contribution is 9.09. The molecule has 0 saturated carbocycles. The molecule has 1 rings (SSSR count). The van der Waals surface area contributed by atoms with Gasteiger partial charge in [0.2, 0.25) is 0 Å². The molecule has 90 valence electrons. The number of alkyl halides is 1. The minimum Gasteiger partial charge on any atom is -0.490 e. The average Bonchev–Trinajstić information content (AvgIpc) is 2.23. The van der Waals surface area contributed by atoms with Gasteiger partial charge in [0.25, 0.3) is 0 Å². The van der Waals surface area contributed by atoms with Gasteiger partial charge in [0, 0.05) is 5.33 Å². The third kappa shape index (κ3) is 4.52. The Labute approximate surface area is 115 Å². The monoisotopic (exact) mass is 324 g/mol. The lowest BCUT2D eigenvalue weighted by molar-refractivity contribution is 0.282. The summed E-state index contributed by atoms with van der Waals surface area (Å²) >= 11 is 15.4. The molecule has 0 bridgehead atoms. The Morgan fingerprint density at radius 3 is 2.44 bits per heavy atom. The first-order valence-electron chi connectivity index (χ1n) is 5.28. The van der Waals surface area contributed by atoms with Gasteiger partial charge in [-0.25, -0.2) is 0 Å². The maximum absolute atomic E-state index is 5.99. The van der Waals surface area contributed by atoms with Gasteiger partial charge in [-0.3, -0.25) is 0 Å². The summed E-state index contributed by atoms with van der Waals surface area (Å²) in [5.41, 5.74) is 0. The molecular formula is C12H15BrCl2O. The Morgan fingerprint density at radius 2 is 1.88 bits per heavy atom. The van der Waals surface area contributed by atoms with Gasteiger partial charge >= 0.3 is 0 Å². The van der Waals surface area contributed by atoms with Crippen LogP contribution in [0.5, 0.6) is 5.75 Å². The fraction of sp³-hybridized carbons (Fsp3) is 0.500. The summed E-state index contributed by atoms with van der Waals surface area (Å²) in [5, 5.41) is 2.17. The van der Waals surface area contributed by atoms with E-state index in [1.165, 1.54) is 0 Å². The highest BCUT2D eigenvalue weighted by Crippen LogP contribution is 2.32. The fourth-order valence-corrected chi connectivity index (χ4v) is 2.60. The Kier molecular flexibility index (Phi) is 6.55. The van der Waals surface area contributed by atoms with Gasteiger partial charge in [-0.05, 0) is 30.9 Å². The standard InChI is InChI=1S/C12H15BrCl2O/c1-9(5-7-13)6-8-16-12-10(14)3-2-4-11(12)15/h2-4,9H,5-8H2,1H3. The third-order valence-electron chi connectivity index (χ3n) is 2.38. The molecule has 0 N–H and O–H groups in total. The minimum atomic E-state index is 0.570. The molecule has 0 radical (unpaired) electrons. The molecule has 0 saturated heterocycles. The molecule has 16 heavy (non-hydrogen) atoms. The van der Waals surface area contributed by atoms with Crippen molar-refractivity contribution in [1.29, 1.82) is 0 Å². The summed E-state index contributed by atoms with van der Waals surface area (Å²) in [6, 6.07) is 5.38. The Balaban J connectivity index is 2.43. The van der Waals surface area contributed by atoms with Crippen molar-refractivity contribution in [2.24, 2.45) is 5.92 Å². The molecule has 4 heteroatoms. The van der Waals surface area contributed by atoms with Crippen molar-refractivity contribution < 1.29 is 4.74 Å². The maximum Gasteiger partial charge on any atom is 0.156 e. The van der Waals surface area contributed by atoms with Crippen LogP contribution in [-0.2, 0) is 0 Å². The second-order valence-corrected chi connectivity index (χ2v) is 5.38. The second-order valence-electron chi connectivity index (χ2n) is 3.77. The average molecular weight is 326 g/mol. The van der Waals surface area contributed by atoms with E-state index in [4.69, 9.17) is 27.9 Å². The smallest absolute Gasteiger partial charge is 0.156 e. The second kappa shape index (κ2) is 7.41. The summed E-state index contributed by atoms with van der Waals surface area (Å²) in [4.78, 5) is 0. The zero-order valence-electron chi connectivity index (χ0n) is 9.18. The van der Waals surface area contributed by atoms with E-state index in [0.29, 0.717) is 28.3 Å². The van der Waals surface area contributed by atoms with Crippen molar-refractivity contribution in [3.8, 4) is 5.75 Å². The first kappa shape index (κ1) is 14.1. The van der Waals surface area contributed by atoms with E-state index in [2.05, 4.69) is 22.9 Å². The highest BCUT2D eigenvalue weighted by atomic mass is 79.9. The van der Waals surface area contributed by atoms with E-state index in [1.54, 1.807) is 12.1 Å². The highest BCUT2D eigenvalue weighted by Gasteiger charge is 2.07. The molecule has 0 heterocycles. The van der Waals surface area contributed by atoms with Gasteiger partial charge < -0.3 is 4.74 Å². The largest absolute Gasteiger partial charge is 0.490 e. The van der Waals surface area contributed by atoms with E-state index in [1.807, 2.05) is 6.07 Å². The van der Waals surface area contributed by atoms with Gasteiger partial charge in [-0.15, -0.1) is 0 Å². The molecule has 0 amide bonds. The van der Waals surface area contributed by atoms with Crippen LogP contribution in [0.1, 0.15) is 19.8 Å². The molecule has 0 fully saturated rings. The Bertz CT molecular complexity index is 311. The molecule has 1 unspecified atom stereocenters. The van der Waals surface area contributed by atoms with E-state index in [-0.39, 0.29) is 0 Å². The van der Waals surface area contributed by atoms with Gasteiger partial charge in [0.05, 0.1) is 16.7 Å². The number of rotatable bonds is 6. The molecule has 1 nitrogen and oxygen atoms in total. The number of halogens is 3. The molecule has 1 atom stereocenters. The van der Waals surface area contributed by atoms with Gasteiger partial charge in [0.15, 0.2) is 5.75 Å². The van der Waals surface area contributed by atoms with Gasteiger partial charge in [-0.2, -0.15) is 0 Å². The first-order chi connectivity index (χ1) is 7.65. The quantitative estimate of drug-likeness (QED) is 0.654. The molecule has 0 aliphatic carbocycles. The van der Waals surface area contributed by atoms with Crippen LogP contribution in [0.15, 0.2) is 18.2 Å². The first-order valence-corrected chi connectivity index (χ1v) is 7.15. The van der Waals surface area contributed by atoms with Crippen LogP contribution in [0.4, 0.5) is 0 Å². The van der Waals surface area contributed by atoms with E-state index >= 15 is 0 Å². The van der Waals surface area contributed by atoms with E-state index in [0.717, 1.165) is 18.2 Å². The van der Waals surface area contributed by atoms with Crippen LogP contribution in [0.3, 0.4) is 0 Å². The molecule has 0 spiro atoms. The number of ether oxygens (including phenoxy) is 1. The molecular weight excluding hydrogens is 311 g/mol. The van der Waals surface area contributed by atoms with Crippen LogP contribution in [0.25, 0.3) is 0 Å². The van der Waals surface area contributed by atoms with Crippen molar-refractivity contribution in [2.75, 3.05) is 11.9 Å². The lowest BCUT2D eigenvalue weighted by Crippen LogP contribution is -2.05. The van der Waals surface area contributed by atoms with Crippen LogP contribution in [0.2, 0.25) is 10.0 Å². The van der Waals surface area contributed by atoms with Crippen molar-refractivity contribution in [3.05, 3.63) is 28.2 Å². The zero-order chi connectivity index (χ0) is 12.0. The van der Waals surface area contributed by atoms with Crippen LogP contribution < -0.4 is 4.74 Å². The summed E-state index contributed by atoms with van der Waals surface area (Å²) in [7, 11) is 0. The van der Waals surface area contributed by atoms with Crippen molar-refractivity contribution in [2.45, 2.75) is 19.8 Å². The normalized spacial score (nSPS) is 12.5. The SMILES string of the molecule is CC(CCBr)CCOc1c(Cl)cccc1Cl. The van der Waals surface area contributed by atoms with Crippen molar-refractivity contribution in [3.63, 3.8) is 0 Å². The maximum atomic E-state index is 5.99. The number of hydrogen-bond donors (Lipinski definition) is 0. The van der Waals surface area contributed by atoms with Gasteiger partial charge in [-0.1, -0.05) is 52.1 Å². The fourth-order valence-electron chi connectivity index (χ4n) is 1.31. The van der Waals surface area contributed by atoms with E-state index < -0.39 is 0 Å². The minimum absolute atomic E-state index is 0.570. The molecule has 1 aromatic rings. The Morgan fingerprint density at radius 1 is 1.25 bits per heavy atom. The summed E-state index contributed by atoms with van der Waals surface area (Å²) < 4.78 is 5.61. The molecule has 1 aromatic carbocycles. The van der Waals surface area contributed by atoms with Crippen molar-refractivity contribution in [1.82, 2.24) is 0 Å². The van der Waals surface area contributed by atoms with Gasteiger partial charge in [0.1, 0.15) is 0 Å². The number of para-hydroxylation sites is 1. The topological polar surface area (TPSA) is 9.23 Å². The van der Waals surface area contributed by atoms with Crippen molar-refractivity contribution >= 4 is 39.1 Å². The number of hydrogen-bond acceptors (Lipinski definition) is 1. The summed E-state index contributed by atoms with van der Waals surface area (Å²) in [6.07, 6.45) is 2.16. The predicted octanol–water partition coefficient (Wildman–Crippen LogP) is 5.18. The molecule has 0 aromatic heterocycles. The lowest BCUT2D eigenvalue weighted by Gasteiger charge is -2.12. The van der Waals surface area contributed by atoms with E-state index in [9.17, 15) is 0 Å².